The van der Waals surface area contributed by atoms with Crippen molar-refractivity contribution in [2.45, 2.75) is 40.0 Å². The topological polar surface area (TPSA) is 102 Å². The van der Waals surface area contributed by atoms with Gasteiger partial charge in [0.15, 0.2) is 0 Å². The van der Waals surface area contributed by atoms with E-state index in [1.54, 1.807) is 4.90 Å². The van der Waals surface area contributed by atoms with Gasteiger partial charge in [0.25, 0.3) is 5.92 Å². The number of hydrogen-bond acceptors (Lipinski definition) is 7. The van der Waals surface area contributed by atoms with Crippen LogP contribution >= 0.6 is 0 Å². The number of carbonyl (C=O) groups is 1. The van der Waals surface area contributed by atoms with Crippen molar-refractivity contribution in [3.05, 3.63) is 89.6 Å². The summed E-state index contributed by atoms with van der Waals surface area (Å²) in [5.74, 6) is -2.77. The van der Waals surface area contributed by atoms with E-state index in [-0.39, 0.29) is 25.8 Å². The minimum absolute atomic E-state index is 0. The standard InChI is InChI=1S/C30H30F2N4O4.CH4/c1-19-25(34-27(40-19)21-6-4-3-5-7-21)13-15-39-23-10-8-20(9-11-23)16-22-17-36(18-24(22)28(37)38)29-33-14-12-26(35-29)30(2,31)32;/h3-12,14,22,24H,13,15-18H2,1-2H3,(H,37,38);1H4/t22-,24?;/m0./s1. The second kappa shape index (κ2) is 12.4. The minimum atomic E-state index is -3.11. The summed E-state index contributed by atoms with van der Waals surface area (Å²) in [6.07, 6.45) is 2.39. The number of ether oxygens (including phenoxy) is 1. The Labute approximate surface area is 238 Å². The quantitative estimate of drug-likeness (QED) is 0.243. The number of nitrogens with zero attached hydrogens (tertiary/aromatic N) is 4. The van der Waals surface area contributed by atoms with E-state index in [0.29, 0.717) is 37.6 Å². The molecule has 10 heteroatoms. The highest BCUT2D eigenvalue weighted by Gasteiger charge is 2.39. The predicted octanol–water partition coefficient (Wildman–Crippen LogP) is 6.19. The van der Waals surface area contributed by atoms with Crippen molar-refractivity contribution < 1.29 is 27.8 Å². The van der Waals surface area contributed by atoms with Crippen LogP contribution in [0.4, 0.5) is 14.7 Å². The van der Waals surface area contributed by atoms with Crippen molar-refractivity contribution in [1.29, 1.82) is 0 Å². The molecule has 8 nitrogen and oxygen atoms in total. The fourth-order valence-corrected chi connectivity index (χ4v) is 4.92. The smallest absolute Gasteiger partial charge is 0.308 e. The van der Waals surface area contributed by atoms with E-state index in [1.807, 2.05) is 61.5 Å². The summed E-state index contributed by atoms with van der Waals surface area (Å²) in [5.41, 5.74) is 2.34. The fourth-order valence-electron chi connectivity index (χ4n) is 4.92. The van der Waals surface area contributed by atoms with E-state index in [4.69, 9.17) is 9.15 Å². The van der Waals surface area contributed by atoms with E-state index in [9.17, 15) is 18.7 Å². The van der Waals surface area contributed by atoms with Crippen LogP contribution in [-0.4, -0.2) is 45.7 Å². The van der Waals surface area contributed by atoms with E-state index >= 15 is 0 Å². The van der Waals surface area contributed by atoms with Gasteiger partial charge in [-0.05, 0) is 55.2 Å². The summed E-state index contributed by atoms with van der Waals surface area (Å²) in [5, 5.41) is 9.81. The Kier molecular flexibility index (Phi) is 9.00. The van der Waals surface area contributed by atoms with Gasteiger partial charge in [0, 0.05) is 38.2 Å². The Bertz CT molecular complexity index is 1460. The number of benzene rings is 2. The zero-order chi connectivity index (χ0) is 28.3. The van der Waals surface area contributed by atoms with Gasteiger partial charge >= 0.3 is 5.97 Å². The molecule has 1 unspecified atom stereocenters. The first kappa shape index (κ1) is 29.6. The highest BCUT2D eigenvalue weighted by Crippen LogP contribution is 2.32. The molecule has 4 aromatic rings. The van der Waals surface area contributed by atoms with Crippen LogP contribution in [0.3, 0.4) is 0 Å². The normalized spacial score (nSPS) is 16.8. The van der Waals surface area contributed by atoms with E-state index < -0.39 is 23.5 Å². The second-order valence-electron chi connectivity index (χ2n) is 10.1. The number of carboxylic acid groups (broad SMARTS) is 1. The molecule has 1 aliphatic heterocycles. The molecule has 41 heavy (non-hydrogen) atoms. The first-order chi connectivity index (χ1) is 19.2. The third kappa shape index (κ3) is 7.06. The highest BCUT2D eigenvalue weighted by atomic mass is 19.3. The number of anilines is 1. The van der Waals surface area contributed by atoms with Crippen molar-refractivity contribution in [1.82, 2.24) is 15.0 Å². The van der Waals surface area contributed by atoms with Gasteiger partial charge in [0.2, 0.25) is 11.8 Å². The molecule has 1 N–H and O–H groups in total. The maximum absolute atomic E-state index is 13.7. The molecule has 3 heterocycles. The second-order valence-corrected chi connectivity index (χ2v) is 10.1. The van der Waals surface area contributed by atoms with Crippen LogP contribution in [0.5, 0.6) is 5.75 Å². The van der Waals surface area contributed by atoms with Crippen LogP contribution in [0.1, 0.15) is 37.1 Å². The third-order valence-corrected chi connectivity index (χ3v) is 7.08. The maximum Gasteiger partial charge on any atom is 0.308 e. The van der Waals surface area contributed by atoms with Crippen molar-refractivity contribution in [3.8, 4) is 17.2 Å². The van der Waals surface area contributed by atoms with Gasteiger partial charge in [-0.25, -0.2) is 15.0 Å². The van der Waals surface area contributed by atoms with Crippen LogP contribution < -0.4 is 9.64 Å². The summed E-state index contributed by atoms with van der Waals surface area (Å²) < 4.78 is 39.2. The van der Waals surface area contributed by atoms with Crippen LogP contribution in [-0.2, 0) is 23.6 Å². The molecule has 1 saturated heterocycles. The molecular formula is C31H34F2N4O4. The van der Waals surface area contributed by atoms with E-state index in [1.165, 1.54) is 12.3 Å². The Balaban J connectivity index is 0.00000387. The van der Waals surface area contributed by atoms with Gasteiger partial charge in [-0.15, -0.1) is 0 Å². The fraction of sp³-hybridized carbons (Fsp3) is 0.355. The molecule has 5 rings (SSSR count). The minimum Gasteiger partial charge on any atom is -0.493 e. The number of hydrogen-bond donors (Lipinski definition) is 1. The molecule has 0 spiro atoms. The zero-order valence-corrected chi connectivity index (χ0v) is 22.3. The molecule has 0 radical (unpaired) electrons. The summed E-state index contributed by atoms with van der Waals surface area (Å²) in [4.78, 5) is 26.4. The van der Waals surface area contributed by atoms with Gasteiger partial charge < -0.3 is 19.2 Å². The Morgan fingerprint density at radius 1 is 1.10 bits per heavy atom. The molecule has 0 bridgehead atoms. The van der Waals surface area contributed by atoms with E-state index in [0.717, 1.165) is 29.5 Å². The lowest BCUT2D eigenvalue weighted by Gasteiger charge is -2.18. The summed E-state index contributed by atoms with van der Waals surface area (Å²) in [7, 11) is 0. The molecular weight excluding hydrogens is 530 g/mol. The maximum atomic E-state index is 13.7. The monoisotopic (exact) mass is 564 g/mol. The van der Waals surface area contributed by atoms with Crippen LogP contribution in [0.15, 0.2) is 71.3 Å². The average Bonchev–Trinajstić information content (AvgIpc) is 3.53. The number of rotatable bonds is 10. The van der Waals surface area contributed by atoms with Gasteiger partial charge in [0.1, 0.15) is 17.2 Å². The average molecular weight is 565 g/mol. The zero-order valence-electron chi connectivity index (χ0n) is 22.3. The Morgan fingerprint density at radius 3 is 2.51 bits per heavy atom. The summed E-state index contributed by atoms with van der Waals surface area (Å²) >= 11 is 0. The number of aromatic nitrogens is 3. The molecule has 0 saturated carbocycles. The van der Waals surface area contributed by atoms with Crippen molar-refractivity contribution in [3.63, 3.8) is 0 Å². The van der Waals surface area contributed by atoms with Gasteiger partial charge in [-0.1, -0.05) is 37.8 Å². The Morgan fingerprint density at radius 2 is 1.83 bits per heavy atom. The molecule has 1 fully saturated rings. The molecule has 216 valence electrons. The summed E-state index contributed by atoms with van der Waals surface area (Å²) in [6, 6.07) is 18.5. The van der Waals surface area contributed by atoms with E-state index in [2.05, 4.69) is 15.0 Å². The van der Waals surface area contributed by atoms with Crippen molar-refractivity contribution in [2.24, 2.45) is 11.8 Å². The number of oxazole rings is 1. The number of alkyl halides is 2. The molecule has 2 atom stereocenters. The largest absolute Gasteiger partial charge is 0.493 e. The first-order valence-electron chi connectivity index (χ1n) is 13.1. The number of halogens is 2. The number of aryl methyl sites for hydroxylation is 1. The molecule has 1 aliphatic rings. The van der Waals surface area contributed by atoms with Crippen LogP contribution in [0.25, 0.3) is 11.5 Å². The lowest BCUT2D eigenvalue weighted by molar-refractivity contribution is -0.142. The molecule has 2 aromatic heterocycles. The predicted molar refractivity (Wildman–Crippen MR) is 151 cm³/mol. The third-order valence-electron chi connectivity index (χ3n) is 7.08. The Hall–Kier alpha value is -4.34. The van der Waals surface area contributed by atoms with Crippen LogP contribution in [0.2, 0.25) is 0 Å². The number of aliphatic carboxylic acids is 1. The lowest BCUT2D eigenvalue weighted by Crippen LogP contribution is -2.25. The van der Waals surface area contributed by atoms with Gasteiger partial charge in [0.05, 0.1) is 18.2 Å². The van der Waals surface area contributed by atoms with Crippen LogP contribution in [0, 0.1) is 18.8 Å². The van der Waals surface area contributed by atoms with Crippen molar-refractivity contribution in [2.75, 3.05) is 24.6 Å². The molecule has 0 amide bonds. The van der Waals surface area contributed by atoms with Gasteiger partial charge in [-0.2, -0.15) is 8.78 Å². The highest BCUT2D eigenvalue weighted by molar-refractivity contribution is 5.72. The van der Waals surface area contributed by atoms with Crippen molar-refractivity contribution >= 4 is 11.9 Å². The van der Waals surface area contributed by atoms with Gasteiger partial charge in [-0.3, -0.25) is 4.79 Å². The SMILES string of the molecule is C.Cc1oc(-c2ccccc2)nc1CCOc1ccc(C[C@H]2CN(c3nccc(C(C)(F)F)n3)CC2C(=O)O)cc1. The molecule has 0 aliphatic carbocycles. The number of carboxylic acids is 1. The molecule has 2 aromatic carbocycles. The first-order valence-corrected chi connectivity index (χ1v) is 13.1. The summed E-state index contributed by atoms with van der Waals surface area (Å²) in [6.45, 7) is 3.61. The lowest BCUT2D eigenvalue weighted by atomic mass is 9.90.